The predicted molar refractivity (Wildman–Crippen MR) is 88.5 cm³/mol. The topological polar surface area (TPSA) is 64.3 Å². The molecule has 0 amide bonds. The van der Waals surface area contributed by atoms with E-state index in [0.717, 1.165) is 23.6 Å². The molecular weight excluding hydrogens is 323 g/mol. The SMILES string of the molecule is Cc1cc(N2CCOC(c3ccc(Cl)c(Cl)c3)C2)nc(N)n1. The summed E-state index contributed by atoms with van der Waals surface area (Å²) in [5.41, 5.74) is 7.58. The van der Waals surface area contributed by atoms with Crippen LogP contribution in [0.4, 0.5) is 11.8 Å². The van der Waals surface area contributed by atoms with Gasteiger partial charge in [0.1, 0.15) is 11.9 Å². The molecule has 22 heavy (non-hydrogen) atoms. The van der Waals surface area contributed by atoms with Crippen molar-refractivity contribution in [1.29, 1.82) is 0 Å². The largest absolute Gasteiger partial charge is 0.370 e. The number of anilines is 2. The average Bonchev–Trinajstić information content (AvgIpc) is 2.49. The number of aryl methyl sites for hydroxylation is 1. The van der Waals surface area contributed by atoms with E-state index in [1.54, 1.807) is 6.07 Å². The second-order valence-corrected chi connectivity index (χ2v) is 6.02. The summed E-state index contributed by atoms with van der Waals surface area (Å²) >= 11 is 12.1. The summed E-state index contributed by atoms with van der Waals surface area (Å²) in [6, 6.07) is 7.49. The van der Waals surface area contributed by atoms with Gasteiger partial charge in [-0.2, -0.15) is 4.98 Å². The summed E-state index contributed by atoms with van der Waals surface area (Å²) in [6.45, 7) is 3.94. The van der Waals surface area contributed by atoms with Gasteiger partial charge in [0.2, 0.25) is 5.95 Å². The van der Waals surface area contributed by atoms with E-state index in [4.69, 9.17) is 33.7 Å². The lowest BCUT2D eigenvalue weighted by Gasteiger charge is -2.34. The maximum Gasteiger partial charge on any atom is 0.222 e. The molecule has 2 heterocycles. The zero-order valence-corrected chi connectivity index (χ0v) is 13.6. The van der Waals surface area contributed by atoms with Gasteiger partial charge in [-0.1, -0.05) is 29.3 Å². The number of nitrogens with zero attached hydrogens (tertiary/aromatic N) is 3. The minimum absolute atomic E-state index is 0.0833. The van der Waals surface area contributed by atoms with Crippen molar-refractivity contribution in [3.63, 3.8) is 0 Å². The van der Waals surface area contributed by atoms with Gasteiger partial charge >= 0.3 is 0 Å². The fourth-order valence-corrected chi connectivity index (χ4v) is 2.81. The van der Waals surface area contributed by atoms with E-state index in [-0.39, 0.29) is 12.1 Å². The smallest absolute Gasteiger partial charge is 0.222 e. The van der Waals surface area contributed by atoms with Crippen LogP contribution in [0.25, 0.3) is 0 Å². The maximum absolute atomic E-state index is 6.09. The first-order chi connectivity index (χ1) is 10.5. The first-order valence-corrected chi connectivity index (χ1v) is 7.71. The predicted octanol–water partition coefficient (Wildman–Crippen LogP) is 3.25. The Bertz CT molecular complexity index is 675. The Morgan fingerprint density at radius 3 is 2.77 bits per heavy atom. The third-order valence-electron chi connectivity index (χ3n) is 3.56. The number of benzene rings is 1. The molecule has 5 nitrogen and oxygen atoms in total. The van der Waals surface area contributed by atoms with E-state index in [1.165, 1.54) is 0 Å². The molecule has 0 bridgehead atoms. The molecule has 116 valence electrons. The van der Waals surface area contributed by atoms with Gasteiger partial charge < -0.3 is 15.4 Å². The van der Waals surface area contributed by atoms with Gasteiger partial charge in [-0.3, -0.25) is 0 Å². The van der Waals surface area contributed by atoms with E-state index in [2.05, 4.69) is 14.9 Å². The summed E-state index contributed by atoms with van der Waals surface area (Å²) in [5, 5.41) is 1.07. The van der Waals surface area contributed by atoms with Crippen LogP contribution in [0.15, 0.2) is 24.3 Å². The number of hydrogen-bond donors (Lipinski definition) is 1. The molecule has 0 aliphatic carbocycles. The minimum Gasteiger partial charge on any atom is -0.370 e. The highest BCUT2D eigenvalue weighted by atomic mass is 35.5. The van der Waals surface area contributed by atoms with Gasteiger partial charge in [0, 0.05) is 24.8 Å². The molecule has 2 aromatic rings. The number of morpholine rings is 1. The van der Waals surface area contributed by atoms with Crippen LogP contribution < -0.4 is 10.6 Å². The Hall–Kier alpha value is -1.56. The lowest BCUT2D eigenvalue weighted by Crippen LogP contribution is -2.39. The molecule has 1 aliphatic heterocycles. The standard InChI is InChI=1S/C15H16Cl2N4O/c1-9-6-14(20-15(18)19-9)21-4-5-22-13(8-21)10-2-3-11(16)12(17)7-10/h2-3,6-7,13H,4-5,8H2,1H3,(H2,18,19,20). The summed E-state index contributed by atoms with van der Waals surface area (Å²) < 4.78 is 5.85. The van der Waals surface area contributed by atoms with Crippen molar-refractivity contribution in [1.82, 2.24) is 9.97 Å². The number of halogens is 2. The van der Waals surface area contributed by atoms with E-state index >= 15 is 0 Å². The van der Waals surface area contributed by atoms with Crippen LogP contribution in [0.2, 0.25) is 10.0 Å². The Kier molecular flexibility index (Phi) is 4.38. The summed E-state index contributed by atoms with van der Waals surface area (Å²) in [6.07, 6.45) is -0.0833. The van der Waals surface area contributed by atoms with Gasteiger partial charge in [0.15, 0.2) is 0 Å². The Balaban J connectivity index is 1.83. The third kappa shape index (κ3) is 3.27. The first kappa shape index (κ1) is 15.3. The van der Waals surface area contributed by atoms with Crippen molar-refractivity contribution in [3.8, 4) is 0 Å². The van der Waals surface area contributed by atoms with Crippen LogP contribution in [-0.2, 0) is 4.74 Å². The number of ether oxygens (including phenoxy) is 1. The quantitative estimate of drug-likeness (QED) is 0.910. The normalized spacial score (nSPS) is 18.5. The van der Waals surface area contributed by atoms with Crippen molar-refractivity contribution in [2.75, 3.05) is 30.3 Å². The number of aromatic nitrogens is 2. The fourth-order valence-electron chi connectivity index (χ4n) is 2.51. The summed E-state index contributed by atoms with van der Waals surface area (Å²) in [7, 11) is 0. The van der Waals surface area contributed by atoms with Gasteiger partial charge in [-0.25, -0.2) is 4.98 Å². The molecule has 7 heteroatoms. The number of nitrogen functional groups attached to an aromatic ring is 1. The van der Waals surface area contributed by atoms with Gasteiger partial charge in [-0.05, 0) is 24.6 Å². The number of rotatable bonds is 2. The fraction of sp³-hybridized carbons (Fsp3) is 0.333. The molecule has 1 aromatic heterocycles. The van der Waals surface area contributed by atoms with Crippen molar-refractivity contribution >= 4 is 35.0 Å². The third-order valence-corrected chi connectivity index (χ3v) is 4.30. The molecule has 0 saturated carbocycles. The second-order valence-electron chi connectivity index (χ2n) is 5.20. The van der Waals surface area contributed by atoms with Crippen LogP contribution in [0.5, 0.6) is 0 Å². The Morgan fingerprint density at radius 2 is 2.05 bits per heavy atom. The summed E-state index contributed by atoms with van der Waals surface area (Å²) in [4.78, 5) is 10.6. The molecule has 1 saturated heterocycles. The number of hydrogen-bond acceptors (Lipinski definition) is 5. The average molecular weight is 339 g/mol. The van der Waals surface area contributed by atoms with Gasteiger partial charge in [0.05, 0.1) is 16.7 Å². The molecule has 1 unspecified atom stereocenters. The molecular formula is C15H16Cl2N4O. The van der Waals surface area contributed by atoms with Crippen LogP contribution >= 0.6 is 23.2 Å². The van der Waals surface area contributed by atoms with Crippen molar-refractivity contribution < 1.29 is 4.74 Å². The van der Waals surface area contributed by atoms with Crippen LogP contribution in [0.3, 0.4) is 0 Å². The zero-order chi connectivity index (χ0) is 15.7. The number of nitrogens with two attached hydrogens (primary N) is 1. The lowest BCUT2D eigenvalue weighted by atomic mass is 10.1. The van der Waals surface area contributed by atoms with E-state index in [9.17, 15) is 0 Å². The van der Waals surface area contributed by atoms with Crippen molar-refractivity contribution in [2.45, 2.75) is 13.0 Å². The minimum atomic E-state index is -0.0833. The lowest BCUT2D eigenvalue weighted by molar-refractivity contribution is 0.0395. The molecule has 0 radical (unpaired) electrons. The van der Waals surface area contributed by atoms with E-state index in [1.807, 2.05) is 25.1 Å². The highest BCUT2D eigenvalue weighted by Gasteiger charge is 2.24. The van der Waals surface area contributed by atoms with Crippen LogP contribution in [0.1, 0.15) is 17.4 Å². The molecule has 1 fully saturated rings. The molecule has 1 aromatic carbocycles. The highest BCUT2D eigenvalue weighted by Crippen LogP contribution is 2.30. The summed E-state index contributed by atoms with van der Waals surface area (Å²) in [5.74, 6) is 1.10. The van der Waals surface area contributed by atoms with E-state index in [0.29, 0.717) is 23.2 Å². The molecule has 1 aliphatic rings. The van der Waals surface area contributed by atoms with Gasteiger partial charge in [0.25, 0.3) is 0 Å². The Morgan fingerprint density at radius 1 is 1.23 bits per heavy atom. The van der Waals surface area contributed by atoms with Crippen molar-refractivity contribution in [2.24, 2.45) is 0 Å². The van der Waals surface area contributed by atoms with E-state index < -0.39 is 0 Å². The van der Waals surface area contributed by atoms with Gasteiger partial charge in [-0.15, -0.1) is 0 Å². The Labute approximate surface area is 139 Å². The van der Waals surface area contributed by atoms with Crippen LogP contribution in [0, 0.1) is 6.92 Å². The molecule has 2 N–H and O–H groups in total. The first-order valence-electron chi connectivity index (χ1n) is 6.95. The highest BCUT2D eigenvalue weighted by molar-refractivity contribution is 6.42. The maximum atomic E-state index is 6.09. The molecule has 1 atom stereocenters. The zero-order valence-electron chi connectivity index (χ0n) is 12.1. The van der Waals surface area contributed by atoms with Crippen molar-refractivity contribution in [3.05, 3.63) is 45.6 Å². The second kappa shape index (κ2) is 6.28. The molecule has 3 rings (SSSR count). The molecule has 0 spiro atoms. The van der Waals surface area contributed by atoms with Crippen LogP contribution in [-0.4, -0.2) is 29.7 Å². The monoisotopic (exact) mass is 338 g/mol.